The van der Waals surface area contributed by atoms with Crippen molar-refractivity contribution in [2.75, 3.05) is 11.9 Å². The second-order valence-electron chi connectivity index (χ2n) is 5.53. The molecule has 1 saturated carbocycles. The van der Waals surface area contributed by atoms with Gasteiger partial charge in [0.05, 0.1) is 10.2 Å². The van der Waals surface area contributed by atoms with Crippen molar-refractivity contribution in [1.29, 1.82) is 0 Å². The lowest BCUT2D eigenvalue weighted by molar-refractivity contribution is 0.760. The Hall–Kier alpha value is -0.640. The highest BCUT2D eigenvalue weighted by Crippen LogP contribution is 2.46. The Labute approximate surface area is 118 Å². The predicted octanol–water partition coefficient (Wildman–Crippen LogP) is 4.31. The van der Waals surface area contributed by atoms with Gasteiger partial charge in [0.1, 0.15) is 11.6 Å². The first-order valence-corrected chi connectivity index (χ1v) is 7.65. The van der Waals surface area contributed by atoms with Gasteiger partial charge in [0.15, 0.2) is 0 Å². The third kappa shape index (κ3) is 2.85. The van der Waals surface area contributed by atoms with Crippen molar-refractivity contribution in [3.63, 3.8) is 0 Å². The normalized spacial score (nSPS) is 22.3. The molecule has 2 rings (SSSR count). The Bertz CT molecular complexity index is 431. The molecule has 1 N–H and O–H groups in total. The summed E-state index contributed by atoms with van der Waals surface area (Å²) in [5.74, 6) is 3.71. The van der Waals surface area contributed by atoms with Crippen molar-refractivity contribution in [1.82, 2.24) is 9.97 Å². The van der Waals surface area contributed by atoms with Crippen molar-refractivity contribution >= 4 is 21.7 Å². The smallest absolute Gasteiger partial charge is 0.144 e. The van der Waals surface area contributed by atoms with E-state index >= 15 is 0 Å². The fourth-order valence-corrected chi connectivity index (χ4v) is 2.85. The average Bonchev–Trinajstić information content (AvgIpc) is 3.04. The Kier molecular flexibility index (Phi) is 4.25. The molecule has 1 heterocycles. The van der Waals surface area contributed by atoms with Crippen molar-refractivity contribution in [2.45, 2.75) is 52.4 Å². The van der Waals surface area contributed by atoms with Gasteiger partial charge < -0.3 is 5.32 Å². The SMILES string of the molecule is CCCNc1nc(C2CC2C)nc(C(C)C)c1Br. The van der Waals surface area contributed by atoms with Gasteiger partial charge in [-0.2, -0.15) is 0 Å². The minimum absolute atomic E-state index is 0.414. The highest BCUT2D eigenvalue weighted by Gasteiger charge is 2.37. The van der Waals surface area contributed by atoms with E-state index in [1.165, 1.54) is 6.42 Å². The van der Waals surface area contributed by atoms with Crippen molar-refractivity contribution in [3.05, 3.63) is 16.0 Å². The first-order valence-electron chi connectivity index (χ1n) is 6.85. The van der Waals surface area contributed by atoms with Gasteiger partial charge in [-0.3, -0.25) is 0 Å². The zero-order chi connectivity index (χ0) is 13.3. The Morgan fingerprint density at radius 2 is 2.06 bits per heavy atom. The van der Waals surface area contributed by atoms with Gasteiger partial charge in [0.25, 0.3) is 0 Å². The number of anilines is 1. The summed E-state index contributed by atoms with van der Waals surface area (Å²) >= 11 is 3.64. The zero-order valence-corrected chi connectivity index (χ0v) is 13.2. The van der Waals surface area contributed by atoms with Crippen LogP contribution >= 0.6 is 15.9 Å². The van der Waals surface area contributed by atoms with Crippen LogP contribution in [0.2, 0.25) is 0 Å². The van der Waals surface area contributed by atoms with Crippen LogP contribution in [0.4, 0.5) is 5.82 Å². The van der Waals surface area contributed by atoms with Gasteiger partial charge in [-0.05, 0) is 40.6 Å². The lowest BCUT2D eigenvalue weighted by Crippen LogP contribution is -2.09. The summed E-state index contributed by atoms with van der Waals surface area (Å²) in [7, 11) is 0. The molecular weight excluding hydrogens is 290 g/mol. The van der Waals surface area contributed by atoms with E-state index in [1.54, 1.807) is 0 Å². The number of rotatable bonds is 5. The van der Waals surface area contributed by atoms with E-state index in [4.69, 9.17) is 9.97 Å². The van der Waals surface area contributed by atoms with E-state index in [-0.39, 0.29) is 0 Å². The van der Waals surface area contributed by atoms with E-state index in [0.717, 1.165) is 40.7 Å². The third-order valence-corrected chi connectivity index (χ3v) is 4.21. The predicted molar refractivity (Wildman–Crippen MR) is 79.1 cm³/mol. The van der Waals surface area contributed by atoms with Gasteiger partial charge in [-0.1, -0.05) is 27.7 Å². The molecule has 0 bridgehead atoms. The Morgan fingerprint density at radius 3 is 2.56 bits per heavy atom. The first-order chi connectivity index (χ1) is 8.54. The third-order valence-electron chi connectivity index (χ3n) is 3.42. The molecule has 1 fully saturated rings. The molecule has 1 aromatic rings. The van der Waals surface area contributed by atoms with Crippen LogP contribution < -0.4 is 5.32 Å². The average molecular weight is 312 g/mol. The zero-order valence-electron chi connectivity index (χ0n) is 11.6. The molecule has 2 atom stereocenters. The summed E-state index contributed by atoms with van der Waals surface area (Å²) in [6.45, 7) is 9.74. The summed E-state index contributed by atoms with van der Waals surface area (Å²) in [4.78, 5) is 9.45. The second-order valence-corrected chi connectivity index (χ2v) is 6.32. The molecule has 4 heteroatoms. The highest BCUT2D eigenvalue weighted by molar-refractivity contribution is 9.10. The number of aromatic nitrogens is 2. The lowest BCUT2D eigenvalue weighted by Gasteiger charge is -2.14. The van der Waals surface area contributed by atoms with Crippen molar-refractivity contribution < 1.29 is 0 Å². The summed E-state index contributed by atoms with van der Waals surface area (Å²) in [5.41, 5.74) is 1.12. The molecule has 0 saturated heterocycles. The van der Waals surface area contributed by atoms with Gasteiger partial charge in [-0.25, -0.2) is 9.97 Å². The molecule has 18 heavy (non-hydrogen) atoms. The topological polar surface area (TPSA) is 37.8 Å². The van der Waals surface area contributed by atoms with Gasteiger partial charge in [-0.15, -0.1) is 0 Å². The van der Waals surface area contributed by atoms with Gasteiger partial charge >= 0.3 is 0 Å². The van der Waals surface area contributed by atoms with Crippen molar-refractivity contribution in [3.8, 4) is 0 Å². The van der Waals surface area contributed by atoms with E-state index in [9.17, 15) is 0 Å². The van der Waals surface area contributed by atoms with Crippen LogP contribution in [0.3, 0.4) is 0 Å². The molecule has 3 nitrogen and oxygen atoms in total. The molecule has 0 aromatic carbocycles. The molecule has 100 valence electrons. The Balaban J connectivity index is 2.34. The molecule has 0 amide bonds. The number of hydrogen-bond donors (Lipinski definition) is 1. The van der Waals surface area contributed by atoms with E-state index in [0.29, 0.717) is 11.8 Å². The van der Waals surface area contributed by atoms with Crippen LogP contribution in [-0.4, -0.2) is 16.5 Å². The first kappa shape index (κ1) is 13.8. The number of nitrogens with one attached hydrogen (secondary N) is 1. The highest BCUT2D eigenvalue weighted by atomic mass is 79.9. The maximum atomic E-state index is 4.75. The maximum Gasteiger partial charge on any atom is 0.144 e. The fraction of sp³-hybridized carbons (Fsp3) is 0.714. The van der Waals surface area contributed by atoms with Crippen LogP contribution in [0.25, 0.3) is 0 Å². The quantitative estimate of drug-likeness (QED) is 0.880. The molecule has 0 radical (unpaired) electrons. The van der Waals surface area contributed by atoms with Crippen LogP contribution in [0.1, 0.15) is 63.9 Å². The number of halogens is 1. The van der Waals surface area contributed by atoms with Crippen molar-refractivity contribution in [2.24, 2.45) is 5.92 Å². The maximum absolute atomic E-state index is 4.75. The minimum Gasteiger partial charge on any atom is -0.369 e. The molecule has 1 aromatic heterocycles. The monoisotopic (exact) mass is 311 g/mol. The molecule has 0 spiro atoms. The standard InChI is InChI=1S/C14H22BrN3/c1-5-6-16-14-11(15)12(8(2)3)17-13(18-14)10-7-9(10)4/h8-10H,5-7H2,1-4H3,(H,16,17,18). The molecule has 0 aliphatic heterocycles. The summed E-state index contributed by atoms with van der Waals surface area (Å²) in [6.07, 6.45) is 2.33. The fourth-order valence-electron chi connectivity index (χ4n) is 2.07. The van der Waals surface area contributed by atoms with E-state index in [1.807, 2.05) is 0 Å². The minimum atomic E-state index is 0.414. The molecule has 2 unspecified atom stereocenters. The lowest BCUT2D eigenvalue weighted by atomic mass is 10.1. The number of hydrogen-bond acceptors (Lipinski definition) is 3. The summed E-state index contributed by atoms with van der Waals surface area (Å²) < 4.78 is 1.03. The molecule has 1 aliphatic rings. The van der Waals surface area contributed by atoms with E-state index < -0.39 is 0 Å². The van der Waals surface area contributed by atoms with E-state index in [2.05, 4.69) is 48.9 Å². The van der Waals surface area contributed by atoms with Crippen LogP contribution in [-0.2, 0) is 0 Å². The second kappa shape index (κ2) is 5.55. The van der Waals surface area contributed by atoms with Crippen LogP contribution in [0.15, 0.2) is 4.47 Å². The Morgan fingerprint density at radius 1 is 1.39 bits per heavy atom. The van der Waals surface area contributed by atoms with Crippen LogP contribution in [0.5, 0.6) is 0 Å². The number of nitrogens with zero attached hydrogens (tertiary/aromatic N) is 2. The van der Waals surface area contributed by atoms with Gasteiger partial charge in [0.2, 0.25) is 0 Å². The largest absolute Gasteiger partial charge is 0.369 e. The summed E-state index contributed by atoms with van der Waals surface area (Å²) in [5, 5.41) is 3.40. The molecule has 1 aliphatic carbocycles. The van der Waals surface area contributed by atoms with Crippen LogP contribution in [0, 0.1) is 5.92 Å². The van der Waals surface area contributed by atoms with Gasteiger partial charge in [0, 0.05) is 12.5 Å². The molecular formula is C14H22BrN3. The summed E-state index contributed by atoms with van der Waals surface area (Å²) in [6, 6.07) is 0.